The van der Waals surface area contributed by atoms with Gasteiger partial charge in [0, 0.05) is 45.0 Å². The Morgan fingerprint density at radius 1 is 0.517 bits per heavy atom. The van der Waals surface area contributed by atoms with Gasteiger partial charge in [0.15, 0.2) is 12.6 Å². The number of nitrogens with two attached hydrogens (primary N) is 5. The second-order valence-electron chi connectivity index (χ2n) is 38.2. The van der Waals surface area contributed by atoms with E-state index in [0.29, 0.717) is 46.9 Å². The van der Waals surface area contributed by atoms with Crippen LogP contribution in [0.5, 0.6) is 5.75 Å². The van der Waals surface area contributed by atoms with Gasteiger partial charge in [-0.2, -0.15) is 0 Å². The summed E-state index contributed by atoms with van der Waals surface area (Å²) >= 11 is 0.639. The van der Waals surface area contributed by atoms with Gasteiger partial charge in [-0.05, 0) is 162 Å². The van der Waals surface area contributed by atoms with Crippen LogP contribution in [0.4, 0.5) is 0 Å². The number of carboxylic acids is 2. The Morgan fingerprint density at radius 3 is 1.54 bits per heavy atom. The van der Waals surface area contributed by atoms with Crippen molar-refractivity contribution in [3.8, 4) is 16.9 Å². The van der Waals surface area contributed by atoms with Gasteiger partial charge in [-0.25, -0.2) is 4.79 Å². The first-order valence-corrected chi connectivity index (χ1v) is 50.8. The summed E-state index contributed by atoms with van der Waals surface area (Å²) in [5, 5.41) is 89.0. The average Bonchev–Trinajstić information content (AvgIpc) is 0.826. The number of nitrogens with zero attached hydrogens (tertiary/aromatic N) is 1. The number of carboxylic acid groups (broad SMARTS) is 2. The van der Waals surface area contributed by atoms with Crippen molar-refractivity contribution in [2.24, 2.45) is 40.5 Å². The van der Waals surface area contributed by atoms with Crippen LogP contribution in [0.3, 0.4) is 0 Å². The summed E-state index contributed by atoms with van der Waals surface area (Å²) in [4.78, 5) is 277. The highest BCUT2D eigenvalue weighted by molar-refractivity contribution is 8.00. The maximum absolute atomic E-state index is 15.7. The van der Waals surface area contributed by atoms with Crippen molar-refractivity contribution in [2.45, 2.75) is 266 Å². The molecule has 30 N–H and O–H groups in total. The van der Waals surface area contributed by atoms with Crippen LogP contribution in [0.1, 0.15) is 165 Å². The quantitative estimate of drug-likeness (QED) is 0.0112. The molecule has 812 valence electrons. The van der Waals surface area contributed by atoms with Crippen molar-refractivity contribution in [1.82, 2.24) is 84.7 Å². The summed E-state index contributed by atoms with van der Waals surface area (Å²) in [5.74, 6) is -23.8. The van der Waals surface area contributed by atoms with Crippen LogP contribution >= 0.6 is 11.8 Å². The molecule has 1 heterocycles. The van der Waals surface area contributed by atoms with E-state index in [1.54, 1.807) is 99.6 Å². The number of carbonyl (C=O) groups is 19. The van der Waals surface area contributed by atoms with Gasteiger partial charge in [0.25, 0.3) is 0 Å². The van der Waals surface area contributed by atoms with Gasteiger partial charge in [0.1, 0.15) is 96.4 Å². The monoisotopic (exact) mass is 2090 g/mol. The first kappa shape index (κ1) is 121. The predicted octanol–water partition coefficient (Wildman–Crippen LogP) is -2.48. The van der Waals surface area contributed by atoms with E-state index in [9.17, 15) is 73.2 Å². The van der Waals surface area contributed by atoms with Crippen LogP contribution < -0.4 is 113 Å². The maximum atomic E-state index is 15.7. The third-order valence-electron chi connectivity index (χ3n) is 25.0. The number of primary amides is 2. The molecule has 0 unspecified atom stereocenters. The second-order valence-corrected chi connectivity index (χ2v) is 39.2. The molecule has 2 fully saturated rings. The van der Waals surface area contributed by atoms with Gasteiger partial charge in [0.2, 0.25) is 100 Å². The number of amides is 17. The summed E-state index contributed by atoms with van der Waals surface area (Å²) in [7, 11) is 1.20. The molecule has 47 heteroatoms. The highest BCUT2D eigenvalue weighted by Gasteiger charge is 2.43. The van der Waals surface area contributed by atoms with Crippen molar-refractivity contribution in [3.63, 3.8) is 0 Å². The van der Waals surface area contributed by atoms with E-state index in [0.717, 1.165) is 49.1 Å². The lowest BCUT2D eigenvalue weighted by molar-refractivity contribution is -0.143. The molecule has 17 amide bonds. The molecule has 0 radical (unpaired) electrons. The number of aliphatic carboxylic acids is 2. The second kappa shape index (κ2) is 61.2. The van der Waals surface area contributed by atoms with E-state index in [1.165, 1.54) is 38.2 Å². The molecule has 5 aromatic carbocycles. The number of ether oxygens (including phenoxy) is 1. The standard InChI is InChI=1S/C102H144N22O24S/c1-57(2)46-73-91(137)113-71(42-44-104)90(136)118-76(48-61-23-13-9-14-24-61)96(142)123-85(102(5,6)147)99(145)121-79(53-125)97(143)122-80(98(144)111-68(41-43-103)86(106)132)55-149-56-82(127)110-69(28-17-18-45-109-101(107)108)88(134)116-75(50-63-31-36-67(37-32-63)148-54-84(130)131)94(140)120-78(52-83(128)129)95(141)119-77(51-64-25-19-20-58(3)47-64)92(138)112-70(38-33-60-21-11-8-12-22-60)89(135)117-74(49-62-29-34-66(35-30-62)65-26-15-10-16-27-65)93(139)114-72(39-40-81(105)126)100(146)124(7)59(4)87(133)115-73/h8,10-12,15-16,19-22,25-27,29-32,34-37,47,57,59,61,68-80,85,125,147H,9,13-14,17-18,23-24,28,33,38-46,48-56,103-104H2,1-7H3,(H2,105,126)(H2,106,132)(H,110,127)(H,111,144)(H,112,138)(H,113,137)(H,114,139)(H,115,133)(H,116,134)(H,117,135)(H,118,136)(H,119,141)(H,120,140)(H,121,145)(H,122,143)(H,123,142)(H,128,129)(H,130,131)(H4,107,108,109)/t59-,68-,69-,70-,71-,72-,73+,74-,75-,76-,77-,78-,79-,80-,85+/m0/s1. The lowest BCUT2D eigenvalue weighted by Crippen LogP contribution is -2.65. The minimum Gasteiger partial charge on any atom is -0.482 e. The lowest BCUT2D eigenvalue weighted by Gasteiger charge is -2.33. The number of benzene rings is 5. The van der Waals surface area contributed by atoms with Crippen LogP contribution in [-0.2, 0) is 117 Å². The summed E-state index contributed by atoms with van der Waals surface area (Å²) in [6, 6.07) is 10.8. The average molecular weight is 2090 g/mol. The molecule has 1 saturated heterocycles. The number of aryl methyl sites for hydroxylation is 2. The number of nitrogens with one attached hydrogen (secondary N) is 16. The van der Waals surface area contributed by atoms with E-state index in [4.69, 9.17) is 38.8 Å². The summed E-state index contributed by atoms with van der Waals surface area (Å²) in [6.07, 6.45) is -0.946. The number of guanidine groups is 1. The van der Waals surface area contributed by atoms with Gasteiger partial charge in [-0.15, -0.1) is 11.8 Å². The molecule has 0 spiro atoms. The zero-order valence-electron chi connectivity index (χ0n) is 84.8. The third-order valence-corrected chi connectivity index (χ3v) is 26.1. The molecular weight excluding hydrogens is 1950 g/mol. The maximum Gasteiger partial charge on any atom is 0.341 e. The van der Waals surface area contributed by atoms with E-state index in [-0.39, 0.29) is 107 Å². The first-order chi connectivity index (χ1) is 70.7. The van der Waals surface area contributed by atoms with Crippen molar-refractivity contribution in [1.29, 1.82) is 5.41 Å². The van der Waals surface area contributed by atoms with Crippen LogP contribution in [0, 0.1) is 24.2 Å². The number of rotatable bonds is 36. The Hall–Kier alpha value is -14.7. The molecule has 15 atom stereocenters. The molecule has 2 aliphatic rings. The van der Waals surface area contributed by atoms with Gasteiger partial charge >= 0.3 is 11.9 Å². The molecule has 46 nitrogen and oxygen atoms in total. The normalized spacial score (nSPS) is 22.9. The first-order valence-electron chi connectivity index (χ1n) is 49.6. The predicted molar refractivity (Wildman–Crippen MR) is 550 cm³/mol. The number of hydrogen-bond acceptors (Lipinski definition) is 26. The van der Waals surface area contributed by atoms with Crippen molar-refractivity contribution < 1.29 is 116 Å². The molecular formula is C102H144N22O24S. The van der Waals surface area contributed by atoms with E-state index in [1.807, 2.05) is 30.3 Å². The number of aliphatic hydroxyl groups excluding tert-OH is 1. The number of aliphatic hydroxyl groups is 2. The molecule has 7 rings (SSSR count). The minimum atomic E-state index is -2.25. The highest BCUT2D eigenvalue weighted by Crippen LogP contribution is 2.29. The number of carbonyl (C=O) groups excluding carboxylic acids is 17. The topological polar surface area (TPSA) is 752 Å². The van der Waals surface area contributed by atoms with Crippen LogP contribution in [-0.4, -0.2) is 291 Å². The van der Waals surface area contributed by atoms with Crippen LogP contribution in [0.25, 0.3) is 11.1 Å². The Balaban J connectivity index is 1.38. The van der Waals surface area contributed by atoms with Gasteiger partial charge in [-0.1, -0.05) is 173 Å². The summed E-state index contributed by atoms with van der Waals surface area (Å²) < 4.78 is 5.34. The molecule has 149 heavy (non-hydrogen) atoms. The number of thioether (sulfide) groups is 1. The molecule has 1 aliphatic carbocycles. The van der Waals surface area contributed by atoms with Crippen molar-refractivity contribution in [2.75, 3.05) is 51.4 Å². The van der Waals surface area contributed by atoms with E-state index >= 15 is 38.4 Å². The SMILES string of the molecule is Cc1cccc(C[C@@H]2NC(=O)[C@H](CC(=O)O)NC(=O)[C@H](Cc3ccc(OCC(=O)O)cc3)NC(=O)[C@H](CCCCNC(=N)N)NC(=O)CSC[C@@H](C(=O)N[C@@H](CCN)C(N)=O)NC(=O)[C@H](CO)NC(=O)[C@H](C(C)(C)O)NC(=O)[C@H](CC3CCCCC3)NC(=O)[C@H](CCN)NC(=O)[C@@H](CC(C)C)NC(=O)[C@H](C)N(C)C(=O)[C@H](CCC(N)=O)NC(=O)[C@H](Cc3ccc(-c4ccccc4)cc3)NC(=O)[C@H](CCc3ccccc3)NC2=O)c1. The summed E-state index contributed by atoms with van der Waals surface area (Å²) in [5.41, 5.74) is 30.5. The Morgan fingerprint density at radius 2 is 1.01 bits per heavy atom. The zero-order chi connectivity index (χ0) is 110. The Bertz CT molecular complexity index is 5410. The molecule has 1 aliphatic heterocycles. The third kappa shape index (κ3) is 41.9. The van der Waals surface area contributed by atoms with E-state index in [2.05, 4.69) is 79.8 Å². The van der Waals surface area contributed by atoms with Crippen molar-refractivity contribution in [3.05, 3.63) is 161 Å². The largest absolute Gasteiger partial charge is 0.482 e. The number of likely N-dealkylation sites (N-methyl/N-ethyl adjacent to an activating group) is 1. The fourth-order valence-electron chi connectivity index (χ4n) is 16.8. The lowest BCUT2D eigenvalue weighted by atomic mass is 9.84. The van der Waals surface area contributed by atoms with E-state index < -0.39 is 271 Å². The Labute approximate surface area is 868 Å². The van der Waals surface area contributed by atoms with Crippen LogP contribution in [0.15, 0.2) is 133 Å². The zero-order valence-corrected chi connectivity index (χ0v) is 85.6. The van der Waals surface area contributed by atoms with Crippen molar-refractivity contribution >= 4 is 130 Å². The smallest absolute Gasteiger partial charge is 0.341 e. The number of unbranched alkanes of at least 4 members (excludes halogenated alkanes) is 1. The molecule has 0 bridgehead atoms. The molecule has 0 aromatic heterocycles. The molecule has 5 aromatic rings. The molecule has 1 saturated carbocycles. The van der Waals surface area contributed by atoms with Crippen LogP contribution in [0.2, 0.25) is 0 Å². The van der Waals surface area contributed by atoms with Gasteiger partial charge < -0.3 is 138 Å². The minimum absolute atomic E-state index is 0.0345. The van der Waals surface area contributed by atoms with Gasteiger partial charge in [-0.3, -0.25) is 91.7 Å². The fraction of sp³-hybridized carbons (Fsp3) is 0.510. The summed E-state index contributed by atoms with van der Waals surface area (Å²) in [6.45, 7) is 6.29. The highest BCUT2D eigenvalue weighted by atomic mass is 32.2. The Kier molecular flexibility index (Phi) is 49.8. The fourth-order valence-corrected chi connectivity index (χ4v) is 17.6. The number of hydrogen-bond donors (Lipinski definition) is 25. The van der Waals surface area contributed by atoms with Gasteiger partial charge in [0.05, 0.1) is 24.4 Å².